The van der Waals surface area contributed by atoms with Gasteiger partial charge < -0.3 is 20.5 Å². The summed E-state index contributed by atoms with van der Waals surface area (Å²) in [6.45, 7) is 9.78. The van der Waals surface area contributed by atoms with Crippen molar-refractivity contribution < 1.29 is 24.2 Å². The van der Waals surface area contributed by atoms with E-state index in [1.54, 1.807) is 53.7 Å². The first-order chi connectivity index (χ1) is 13.4. The molecule has 0 fully saturated rings. The van der Waals surface area contributed by atoms with Gasteiger partial charge in [-0.15, -0.1) is 0 Å². The Bertz CT molecular complexity index is 806. The quantitative estimate of drug-likeness (QED) is 0.499. The number of phenolic OH excluding ortho intramolecular Hbond substituents is 1. The van der Waals surface area contributed by atoms with Crippen LogP contribution < -0.4 is 10.6 Å². The van der Waals surface area contributed by atoms with Gasteiger partial charge in [0.15, 0.2) is 6.04 Å². The Kier molecular flexibility index (Phi) is 8.07. The second-order valence-electron chi connectivity index (χ2n) is 7.83. The Morgan fingerprint density at radius 2 is 1.90 bits per heavy atom. The predicted octanol–water partition coefficient (Wildman–Crippen LogP) is 2.21. The maximum absolute atomic E-state index is 12.8. The van der Waals surface area contributed by atoms with Crippen molar-refractivity contribution in [2.75, 3.05) is 6.54 Å². The van der Waals surface area contributed by atoms with E-state index in [9.17, 15) is 19.5 Å². The summed E-state index contributed by atoms with van der Waals surface area (Å²) >= 11 is 0. The zero-order valence-corrected chi connectivity index (χ0v) is 17.7. The van der Waals surface area contributed by atoms with E-state index in [2.05, 4.69) is 16.7 Å². The summed E-state index contributed by atoms with van der Waals surface area (Å²) in [5.74, 6) is -1.39. The van der Waals surface area contributed by atoms with Crippen LogP contribution in [0, 0.1) is 19.4 Å². The number of nitrogens with one attached hydrogen (secondary N) is 2. The number of ether oxygens (including phenoxy) is 1. The highest BCUT2D eigenvalue weighted by Crippen LogP contribution is 2.31. The van der Waals surface area contributed by atoms with Crippen LogP contribution in [-0.4, -0.2) is 46.1 Å². The summed E-state index contributed by atoms with van der Waals surface area (Å²) in [4.78, 5) is 38.2. The molecule has 0 spiro atoms. The fraction of sp³-hybridized carbons (Fsp3) is 0.476. The topological polar surface area (TPSA) is 108 Å². The number of hydrogen-bond donors (Lipinski definition) is 3. The Morgan fingerprint density at radius 1 is 1.28 bits per heavy atom. The van der Waals surface area contributed by atoms with Crippen molar-refractivity contribution in [3.05, 3.63) is 29.3 Å². The number of carbonyl (C=O) groups is 3. The van der Waals surface area contributed by atoms with Crippen molar-refractivity contribution in [3.63, 3.8) is 0 Å². The van der Waals surface area contributed by atoms with Crippen molar-refractivity contribution in [2.24, 2.45) is 0 Å². The van der Waals surface area contributed by atoms with Crippen molar-refractivity contribution >= 4 is 17.9 Å². The summed E-state index contributed by atoms with van der Waals surface area (Å²) < 4.78 is 5.09. The Balaban J connectivity index is 3.16. The molecule has 29 heavy (non-hydrogen) atoms. The van der Waals surface area contributed by atoms with Gasteiger partial charge in [0, 0.05) is 17.6 Å². The molecule has 0 saturated carbocycles. The smallest absolute Gasteiger partial charge is 0.408 e. The third-order valence-corrected chi connectivity index (χ3v) is 3.69. The molecule has 0 aliphatic carbocycles. The number of carbonyl (C=O) groups excluding carboxylic acids is 3. The number of rotatable bonds is 6. The van der Waals surface area contributed by atoms with E-state index in [-0.39, 0.29) is 17.4 Å². The molecule has 0 saturated heterocycles. The average Bonchev–Trinajstić information content (AvgIpc) is 2.58. The van der Waals surface area contributed by atoms with Gasteiger partial charge in [0.2, 0.25) is 5.91 Å². The van der Waals surface area contributed by atoms with Crippen molar-refractivity contribution in [1.29, 1.82) is 0 Å². The number of benzene rings is 1. The number of nitrogens with zero attached hydrogens (tertiary/aromatic N) is 1. The highest BCUT2D eigenvalue weighted by atomic mass is 16.6. The number of alkyl carbamates (subject to hydrolysis) is 1. The van der Waals surface area contributed by atoms with Crippen molar-refractivity contribution in [2.45, 2.75) is 59.2 Å². The van der Waals surface area contributed by atoms with E-state index in [0.29, 0.717) is 5.56 Å². The van der Waals surface area contributed by atoms with Crippen LogP contribution in [0.3, 0.4) is 0 Å². The van der Waals surface area contributed by atoms with Crippen LogP contribution in [0.15, 0.2) is 18.2 Å². The second-order valence-corrected chi connectivity index (χ2v) is 7.83. The van der Waals surface area contributed by atoms with E-state index in [0.717, 1.165) is 4.90 Å². The molecular formula is C21H29N3O5. The molecule has 1 aromatic carbocycles. The molecular weight excluding hydrogens is 374 g/mol. The first kappa shape index (κ1) is 23.8. The molecule has 0 aromatic heterocycles. The molecule has 0 radical (unpaired) electrons. The zero-order chi connectivity index (χ0) is 22.4. The van der Waals surface area contributed by atoms with Gasteiger partial charge in [0.1, 0.15) is 17.9 Å². The fourth-order valence-electron chi connectivity index (χ4n) is 2.50. The van der Waals surface area contributed by atoms with E-state index in [4.69, 9.17) is 11.2 Å². The molecule has 1 aromatic rings. The summed E-state index contributed by atoms with van der Waals surface area (Å²) in [5.41, 5.74) is -0.0146. The van der Waals surface area contributed by atoms with Gasteiger partial charge in [-0.3, -0.25) is 14.5 Å². The summed E-state index contributed by atoms with van der Waals surface area (Å²) in [6.07, 6.45) is 4.74. The second kappa shape index (κ2) is 9.82. The highest BCUT2D eigenvalue weighted by Gasteiger charge is 2.33. The van der Waals surface area contributed by atoms with Gasteiger partial charge in [0.05, 0.1) is 0 Å². The van der Waals surface area contributed by atoms with Crippen LogP contribution in [0.5, 0.6) is 5.75 Å². The Morgan fingerprint density at radius 3 is 2.41 bits per heavy atom. The van der Waals surface area contributed by atoms with Crippen LogP contribution in [0.4, 0.5) is 4.79 Å². The van der Waals surface area contributed by atoms with Crippen LogP contribution in [0.1, 0.15) is 51.8 Å². The Labute approximate surface area is 171 Å². The molecule has 1 atom stereocenters. The SMILES string of the molecule is C#CN(C(=O)CNC(=O)OC(C)(C)C)C(C(=O)NC(C)C)c1cccc(C)c1O. The molecule has 3 amide bonds. The van der Waals surface area contributed by atoms with Crippen LogP contribution in [0.2, 0.25) is 0 Å². The number of amides is 3. The van der Waals surface area contributed by atoms with E-state index in [1.165, 1.54) is 6.07 Å². The van der Waals surface area contributed by atoms with E-state index >= 15 is 0 Å². The fourth-order valence-corrected chi connectivity index (χ4v) is 2.50. The summed E-state index contributed by atoms with van der Waals surface area (Å²) in [7, 11) is 0. The summed E-state index contributed by atoms with van der Waals surface area (Å²) in [6, 6.07) is 5.55. The number of terminal acetylenes is 1. The number of hydrogen-bond acceptors (Lipinski definition) is 5. The van der Waals surface area contributed by atoms with E-state index < -0.39 is 36.1 Å². The summed E-state index contributed by atoms with van der Waals surface area (Å²) in [5, 5.41) is 15.5. The number of aryl methyl sites for hydroxylation is 1. The molecule has 0 bridgehead atoms. The number of phenols is 1. The maximum atomic E-state index is 12.8. The predicted molar refractivity (Wildman–Crippen MR) is 109 cm³/mol. The molecule has 1 rings (SSSR count). The van der Waals surface area contributed by atoms with Crippen LogP contribution >= 0.6 is 0 Å². The molecule has 1 unspecified atom stereocenters. The first-order valence-corrected chi connectivity index (χ1v) is 9.21. The molecule has 0 aliphatic rings. The lowest BCUT2D eigenvalue weighted by atomic mass is 10.00. The lowest BCUT2D eigenvalue weighted by Gasteiger charge is -2.28. The maximum Gasteiger partial charge on any atom is 0.408 e. The van der Waals surface area contributed by atoms with Crippen LogP contribution in [0.25, 0.3) is 0 Å². The van der Waals surface area contributed by atoms with Gasteiger partial charge >= 0.3 is 6.09 Å². The normalized spacial score (nSPS) is 11.9. The third kappa shape index (κ3) is 7.03. The Hall–Kier alpha value is -3.21. The minimum Gasteiger partial charge on any atom is -0.507 e. The number of para-hydroxylation sites is 1. The minimum atomic E-state index is -1.27. The average molecular weight is 403 g/mol. The minimum absolute atomic E-state index is 0.135. The molecule has 0 heterocycles. The van der Waals surface area contributed by atoms with Gasteiger partial charge in [-0.1, -0.05) is 24.6 Å². The van der Waals surface area contributed by atoms with Gasteiger partial charge in [-0.05, 0) is 47.1 Å². The third-order valence-electron chi connectivity index (χ3n) is 3.69. The first-order valence-electron chi connectivity index (χ1n) is 9.21. The van der Waals surface area contributed by atoms with Crippen LogP contribution in [-0.2, 0) is 14.3 Å². The highest BCUT2D eigenvalue weighted by molar-refractivity contribution is 5.92. The lowest BCUT2D eigenvalue weighted by Crippen LogP contribution is -2.47. The van der Waals surface area contributed by atoms with Crippen molar-refractivity contribution in [3.8, 4) is 18.2 Å². The molecule has 8 heteroatoms. The van der Waals surface area contributed by atoms with Gasteiger partial charge in [-0.25, -0.2) is 4.79 Å². The van der Waals surface area contributed by atoms with Crippen molar-refractivity contribution in [1.82, 2.24) is 15.5 Å². The molecule has 3 N–H and O–H groups in total. The molecule has 0 aliphatic heterocycles. The van der Waals surface area contributed by atoms with E-state index in [1.807, 2.05) is 0 Å². The molecule has 8 nitrogen and oxygen atoms in total. The van der Waals surface area contributed by atoms with Gasteiger partial charge in [-0.2, -0.15) is 0 Å². The number of aromatic hydroxyl groups is 1. The molecule has 158 valence electrons. The lowest BCUT2D eigenvalue weighted by molar-refractivity contribution is -0.136. The monoisotopic (exact) mass is 403 g/mol. The standard InChI is InChI=1S/C21H29N3O5/c1-8-24(16(25)12-22-20(28)29-21(5,6)7)17(19(27)23-13(2)3)15-11-9-10-14(4)18(15)26/h1,9-11,13,17,26H,12H2,2-7H3,(H,22,28)(H,23,27). The largest absolute Gasteiger partial charge is 0.507 e. The zero-order valence-electron chi connectivity index (χ0n) is 17.7. The van der Waals surface area contributed by atoms with Gasteiger partial charge in [0.25, 0.3) is 5.91 Å².